The van der Waals surface area contributed by atoms with Gasteiger partial charge in [-0.3, -0.25) is 19.4 Å². The fourth-order valence-corrected chi connectivity index (χ4v) is 2.32. The second kappa shape index (κ2) is 8.62. The van der Waals surface area contributed by atoms with Crippen molar-refractivity contribution in [1.82, 2.24) is 0 Å². The Bertz CT molecular complexity index is 481. The van der Waals surface area contributed by atoms with Gasteiger partial charge in [0.1, 0.15) is 5.69 Å². The van der Waals surface area contributed by atoms with Gasteiger partial charge in [0, 0.05) is 12.2 Å². The van der Waals surface area contributed by atoms with Crippen LogP contribution >= 0.6 is 0 Å². The summed E-state index contributed by atoms with van der Waals surface area (Å²) in [5.41, 5.74) is 0.426. The Labute approximate surface area is 119 Å². The van der Waals surface area contributed by atoms with Gasteiger partial charge in [-0.25, -0.2) is 4.21 Å². The number of aliphatic hydroxyl groups excluding tert-OH is 1. The molecule has 20 heavy (non-hydrogen) atoms. The van der Waals surface area contributed by atoms with Crippen LogP contribution in [0, 0.1) is 10.1 Å². The maximum atomic E-state index is 11.1. The van der Waals surface area contributed by atoms with Crippen LogP contribution in [-0.4, -0.2) is 25.4 Å². The molecule has 3 N–H and O–H groups in total. The molecule has 0 radical (unpaired) electrons. The number of aryl methyl sites for hydroxylation is 1. The molecule has 1 aromatic carbocycles. The average Bonchev–Trinajstić information content (AvgIpc) is 2.37. The van der Waals surface area contributed by atoms with E-state index in [2.05, 4.69) is 4.72 Å². The maximum absolute atomic E-state index is 11.1. The predicted molar refractivity (Wildman–Crippen MR) is 76.7 cm³/mol. The number of hydrogen-bond donors (Lipinski definition) is 3. The van der Waals surface area contributed by atoms with Crippen molar-refractivity contribution in [2.45, 2.75) is 32.1 Å². The van der Waals surface area contributed by atoms with Crippen molar-refractivity contribution in [3.05, 3.63) is 33.9 Å². The van der Waals surface area contributed by atoms with Gasteiger partial charge in [-0.2, -0.15) is 0 Å². The van der Waals surface area contributed by atoms with Crippen LogP contribution in [0.2, 0.25) is 0 Å². The van der Waals surface area contributed by atoms with E-state index in [1.165, 1.54) is 6.07 Å². The number of benzene rings is 1. The van der Waals surface area contributed by atoms with Crippen molar-refractivity contribution in [3.8, 4) is 0 Å². The highest BCUT2D eigenvalue weighted by molar-refractivity contribution is 7.80. The number of nitro benzene ring substituents is 1. The highest BCUT2D eigenvalue weighted by Crippen LogP contribution is 2.30. The second-order valence-corrected chi connectivity index (χ2v) is 5.01. The molecule has 0 aromatic heterocycles. The molecule has 1 aromatic rings. The van der Waals surface area contributed by atoms with Crippen molar-refractivity contribution in [2.24, 2.45) is 0 Å². The number of anilines is 1. The molecule has 0 amide bonds. The van der Waals surface area contributed by atoms with E-state index in [1.807, 2.05) is 0 Å². The van der Waals surface area contributed by atoms with E-state index in [0.29, 0.717) is 12.0 Å². The Morgan fingerprint density at radius 1 is 1.25 bits per heavy atom. The molecule has 0 fully saturated rings. The number of rotatable bonds is 9. The van der Waals surface area contributed by atoms with E-state index >= 15 is 0 Å². The number of nitrogens with zero attached hydrogens (tertiary/aromatic N) is 1. The van der Waals surface area contributed by atoms with Gasteiger partial charge in [-0.15, -0.1) is 0 Å². The Morgan fingerprint density at radius 3 is 2.55 bits per heavy atom. The molecule has 0 bridgehead atoms. The van der Waals surface area contributed by atoms with Gasteiger partial charge in [0.05, 0.1) is 4.92 Å². The number of aliphatic hydroxyl groups is 1. The van der Waals surface area contributed by atoms with Gasteiger partial charge >= 0.3 is 0 Å². The highest BCUT2D eigenvalue weighted by atomic mass is 32.2. The molecule has 1 rings (SSSR count). The SMILES string of the molecule is O=[N+]([O-])c1c(CCCCCCO)cccc1NS(=O)O. The van der Waals surface area contributed by atoms with Crippen LogP contribution in [-0.2, 0) is 17.7 Å². The summed E-state index contributed by atoms with van der Waals surface area (Å²) in [7, 11) is 0. The van der Waals surface area contributed by atoms with E-state index in [4.69, 9.17) is 9.66 Å². The maximum Gasteiger partial charge on any atom is 0.296 e. The zero-order valence-electron chi connectivity index (χ0n) is 10.9. The molecule has 0 saturated heterocycles. The van der Waals surface area contributed by atoms with Crippen LogP contribution in [0.25, 0.3) is 0 Å². The van der Waals surface area contributed by atoms with Gasteiger partial charge < -0.3 is 5.11 Å². The zero-order valence-corrected chi connectivity index (χ0v) is 11.8. The summed E-state index contributed by atoms with van der Waals surface area (Å²) in [6, 6.07) is 4.67. The molecule has 0 aliphatic carbocycles. The van der Waals surface area contributed by atoms with Crippen LogP contribution in [0.15, 0.2) is 18.2 Å². The molecule has 0 aliphatic rings. The first-order chi connectivity index (χ1) is 9.56. The van der Waals surface area contributed by atoms with Gasteiger partial charge in [0.25, 0.3) is 17.0 Å². The molecule has 0 spiro atoms. The zero-order chi connectivity index (χ0) is 15.0. The van der Waals surface area contributed by atoms with Crippen molar-refractivity contribution in [2.75, 3.05) is 11.3 Å². The minimum absolute atomic E-state index is 0.0451. The van der Waals surface area contributed by atoms with Gasteiger partial charge in [-0.1, -0.05) is 25.0 Å². The summed E-state index contributed by atoms with van der Waals surface area (Å²) in [4.78, 5) is 10.6. The third-order valence-corrected chi connectivity index (χ3v) is 3.25. The van der Waals surface area contributed by atoms with E-state index in [9.17, 15) is 14.3 Å². The van der Waals surface area contributed by atoms with Gasteiger partial charge in [-0.05, 0) is 25.3 Å². The number of nitro groups is 1. The van der Waals surface area contributed by atoms with Crippen molar-refractivity contribution >= 4 is 22.6 Å². The Balaban J connectivity index is 2.78. The number of para-hydroxylation sites is 1. The first-order valence-electron chi connectivity index (χ1n) is 6.31. The van der Waals surface area contributed by atoms with E-state index in [1.54, 1.807) is 12.1 Å². The lowest BCUT2D eigenvalue weighted by Gasteiger charge is -2.07. The minimum atomic E-state index is -2.34. The number of hydrogen-bond acceptors (Lipinski definition) is 4. The molecule has 0 aliphatic heterocycles. The summed E-state index contributed by atoms with van der Waals surface area (Å²) in [6.45, 7) is 0.155. The van der Waals surface area contributed by atoms with Gasteiger partial charge in [0.2, 0.25) is 0 Å². The van der Waals surface area contributed by atoms with Crippen LogP contribution in [0.4, 0.5) is 11.4 Å². The summed E-state index contributed by atoms with van der Waals surface area (Å²) in [5, 5.41) is 19.8. The molecule has 0 saturated carbocycles. The summed E-state index contributed by atoms with van der Waals surface area (Å²) in [5.74, 6) is 0. The first kappa shape index (κ1) is 16.5. The summed E-state index contributed by atoms with van der Waals surface area (Å²) < 4.78 is 21.7. The lowest BCUT2D eigenvalue weighted by atomic mass is 10.0. The molecule has 7 nitrogen and oxygen atoms in total. The van der Waals surface area contributed by atoms with Crippen LogP contribution in [0.3, 0.4) is 0 Å². The molecule has 1 unspecified atom stereocenters. The fraction of sp³-hybridized carbons (Fsp3) is 0.500. The Kier molecular flexibility index (Phi) is 7.13. The van der Waals surface area contributed by atoms with Crippen molar-refractivity contribution in [3.63, 3.8) is 0 Å². The average molecular weight is 302 g/mol. The van der Waals surface area contributed by atoms with E-state index in [-0.39, 0.29) is 18.0 Å². The Hall–Kier alpha value is -1.51. The first-order valence-corrected chi connectivity index (χ1v) is 7.41. The lowest BCUT2D eigenvalue weighted by molar-refractivity contribution is -0.384. The highest BCUT2D eigenvalue weighted by Gasteiger charge is 2.19. The minimum Gasteiger partial charge on any atom is -0.396 e. The second-order valence-electron chi connectivity index (χ2n) is 4.31. The van der Waals surface area contributed by atoms with E-state index in [0.717, 1.165) is 25.7 Å². The molecular formula is C12H18N2O5S. The lowest BCUT2D eigenvalue weighted by Crippen LogP contribution is -2.06. The summed E-state index contributed by atoms with van der Waals surface area (Å²) >= 11 is -2.34. The third kappa shape index (κ3) is 5.24. The molecule has 8 heteroatoms. The third-order valence-electron chi connectivity index (χ3n) is 2.85. The van der Waals surface area contributed by atoms with Crippen LogP contribution in [0.1, 0.15) is 31.2 Å². The topological polar surface area (TPSA) is 113 Å². The predicted octanol–water partition coefficient (Wildman–Crippen LogP) is 2.24. The van der Waals surface area contributed by atoms with Crippen LogP contribution in [0.5, 0.6) is 0 Å². The smallest absolute Gasteiger partial charge is 0.296 e. The largest absolute Gasteiger partial charge is 0.396 e. The van der Waals surface area contributed by atoms with Crippen LogP contribution < -0.4 is 4.72 Å². The molecule has 112 valence electrons. The Morgan fingerprint density at radius 2 is 1.95 bits per heavy atom. The standard InChI is InChI=1S/C12H18N2O5S/c15-9-4-2-1-3-6-10-7-5-8-11(13-20(18)19)12(10)14(16)17/h5,7-8,13,15H,1-4,6,9H2,(H,18,19). The molecular weight excluding hydrogens is 284 g/mol. The quantitative estimate of drug-likeness (QED) is 0.280. The molecule has 0 heterocycles. The monoisotopic (exact) mass is 302 g/mol. The molecule has 1 atom stereocenters. The fourth-order valence-electron chi connectivity index (χ4n) is 1.97. The normalized spacial score (nSPS) is 12.1. The number of unbranched alkanes of at least 4 members (excludes halogenated alkanes) is 3. The van der Waals surface area contributed by atoms with Crippen molar-refractivity contribution < 1.29 is 18.8 Å². The van der Waals surface area contributed by atoms with Crippen molar-refractivity contribution in [1.29, 1.82) is 0 Å². The van der Waals surface area contributed by atoms with E-state index < -0.39 is 16.2 Å². The van der Waals surface area contributed by atoms with Gasteiger partial charge in [0.15, 0.2) is 0 Å². The number of nitrogens with one attached hydrogen (secondary N) is 1. The summed E-state index contributed by atoms with van der Waals surface area (Å²) in [6.07, 6.45) is 3.78.